The molecule has 0 saturated carbocycles. The summed E-state index contributed by atoms with van der Waals surface area (Å²) in [6.07, 6.45) is -3.29. The molecule has 1 aromatic heterocycles. The molecule has 19 heavy (non-hydrogen) atoms. The summed E-state index contributed by atoms with van der Waals surface area (Å²) in [6.45, 7) is 1.49. The molecule has 4 nitrogen and oxygen atoms in total. The largest absolute Gasteiger partial charge is 0.367 e. The van der Waals surface area contributed by atoms with E-state index >= 15 is 0 Å². The summed E-state index contributed by atoms with van der Waals surface area (Å²) in [7, 11) is 0. The molecule has 1 N–H and O–H groups in total. The van der Waals surface area contributed by atoms with Gasteiger partial charge in [0.25, 0.3) is 5.56 Å². The summed E-state index contributed by atoms with van der Waals surface area (Å²) in [4.78, 5) is 17.8. The molecule has 0 spiro atoms. The van der Waals surface area contributed by atoms with Crippen molar-refractivity contribution in [2.24, 2.45) is 0 Å². The van der Waals surface area contributed by atoms with Crippen LogP contribution in [0.15, 0.2) is 4.79 Å². The molecule has 0 aliphatic rings. The second-order valence-electron chi connectivity index (χ2n) is 3.99. The molecule has 0 unspecified atom stereocenters. The van der Waals surface area contributed by atoms with Crippen LogP contribution in [0, 0.1) is 6.92 Å². The number of rotatable bonds is 6. The van der Waals surface area contributed by atoms with Gasteiger partial charge in [0, 0.05) is 5.56 Å². The number of nitrogens with zero attached hydrogens (tertiary/aromatic N) is 1. The lowest BCUT2D eigenvalue weighted by Crippen LogP contribution is -2.32. The quantitative estimate of drug-likeness (QED) is 0.812. The van der Waals surface area contributed by atoms with Crippen molar-refractivity contribution < 1.29 is 22.3 Å². The maximum Gasteiger partial charge on any atom is 0.330 e. The predicted octanol–water partition coefficient (Wildman–Crippen LogP) is 2.06. The molecule has 8 heteroatoms. The number of aromatic nitrogens is 2. The number of ether oxygens (including phenoxy) is 1. The first-order chi connectivity index (χ1) is 8.77. The Bertz CT molecular complexity index is 488. The second-order valence-corrected chi connectivity index (χ2v) is 3.99. The van der Waals surface area contributed by atoms with Crippen molar-refractivity contribution in [1.82, 2.24) is 9.97 Å². The Morgan fingerprint density at radius 2 is 2.05 bits per heavy atom. The van der Waals surface area contributed by atoms with Gasteiger partial charge in [0.05, 0.1) is 5.69 Å². The average Bonchev–Trinajstić information content (AvgIpc) is 2.33. The number of aryl methyl sites for hydroxylation is 1. The molecule has 1 rings (SSSR count). The molecule has 0 fully saturated rings. The van der Waals surface area contributed by atoms with Crippen LogP contribution in [0.5, 0.6) is 0 Å². The third-order valence-corrected chi connectivity index (χ3v) is 2.49. The molecular formula is C11H14F4N2O2. The van der Waals surface area contributed by atoms with Gasteiger partial charge in [-0.3, -0.25) is 4.79 Å². The highest BCUT2D eigenvalue weighted by atomic mass is 19.3. The molecule has 0 bridgehead atoms. The van der Waals surface area contributed by atoms with Crippen molar-refractivity contribution in [3.05, 3.63) is 27.4 Å². The first-order valence-electron chi connectivity index (χ1n) is 5.60. The molecule has 0 aliphatic carbocycles. The van der Waals surface area contributed by atoms with Gasteiger partial charge in [0.2, 0.25) is 0 Å². The number of aromatic amines is 1. The van der Waals surface area contributed by atoms with Gasteiger partial charge in [-0.15, -0.1) is 0 Å². The van der Waals surface area contributed by atoms with E-state index in [-0.39, 0.29) is 5.82 Å². The van der Waals surface area contributed by atoms with Crippen molar-refractivity contribution >= 4 is 0 Å². The van der Waals surface area contributed by atoms with E-state index in [9.17, 15) is 22.4 Å². The van der Waals surface area contributed by atoms with Crippen LogP contribution in [0.1, 0.15) is 24.0 Å². The zero-order valence-corrected chi connectivity index (χ0v) is 10.5. The minimum Gasteiger partial charge on any atom is -0.367 e. The second kappa shape index (κ2) is 6.14. The first-order valence-corrected chi connectivity index (χ1v) is 5.60. The fourth-order valence-corrected chi connectivity index (χ4v) is 1.39. The average molecular weight is 282 g/mol. The molecule has 0 radical (unpaired) electrons. The minimum atomic E-state index is -4.21. The van der Waals surface area contributed by atoms with Gasteiger partial charge >= 0.3 is 12.3 Å². The summed E-state index contributed by atoms with van der Waals surface area (Å²) in [5.74, 6) is -4.17. The fraction of sp³-hybridized carbons (Fsp3) is 0.636. The van der Waals surface area contributed by atoms with E-state index in [1.54, 1.807) is 13.8 Å². The third kappa shape index (κ3) is 4.02. The van der Waals surface area contributed by atoms with Crippen LogP contribution in [-0.2, 0) is 17.8 Å². The van der Waals surface area contributed by atoms with Gasteiger partial charge in [0.1, 0.15) is 19.0 Å². The van der Waals surface area contributed by atoms with Gasteiger partial charge in [-0.05, 0) is 13.3 Å². The molecule has 0 aliphatic heterocycles. The van der Waals surface area contributed by atoms with E-state index in [1.807, 2.05) is 0 Å². The number of alkyl halides is 4. The van der Waals surface area contributed by atoms with Gasteiger partial charge in [-0.1, -0.05) is 6.92 Å². The number of hydrogen-bond acceptors (Lipinski definition) is 3. The van der Waals surface area contributed by atoms with Crippen LogP contribution in [0.2, 0.25) is 0 Å². The molecule has 1 heterocycles. The highest BCUT2D eigenvalue weighted by molar-refractivity contribution is 5.15. The van der Waals surface area contributed by atoms with E-state index in [2.05, 4.69) is 14.7 Å². The number of H-pyrrole nitrogens is 1. The topological polar surface area (TPSA) is 55.0 Å². The van der Waals surface area contributed by atoms with Crippen molar-refractivity contribution in [3.63, 3.8) is 0 Å². The van der Waals surface area contributed by atoms with Crippen molar-refractivity contribution in [2.45, 2.75) is 39.2 Å². The summed E-state index contributed by atoms with van der Waals surface area (Å²) < 4.78 is 53.4. The Hall–Kier alpha value is -1.44. The third-order valence-electron chi connectivity index (χ3n) is 2.49. The van der Waals surface area contributed by atoms with Crippen LogP contribution in [0.3, 0.4) is 0 Å². The Balaban J connectivity index is 2.69. The SMILES string of the molecule is CCc1nc(COCC(F)(F)C(F)F)[nH]c(=O)c1C. The lowest BCUT2D eigenvalue weighted by molar-refractivity contribution is -0.168. The maximum absolute atomic E-state index is 12.6. The van der Waals surface area contributed by atoms with Crippen LogP contribution in [-0.4, -0.2) is 28.9 Å². The van der Waals surface area contributed by atoms with Crippen LogP contribution in [0.4, 0.5) is 17.6 Å². The normalized spacial score (nSPS) is 12.2. The Labute approximate surface area is 106 Å². The molecule has 1 aromatic rings. The molecule has 0 amide bonds. The van der Waals surface area contributed by atoms with Gasteiger partial charge in [0.15, 0.2) is 0 Å². The molecule has 108 valence electrons. The Kier molecular flexibility index (Phi) is 5.04. The first kappa shape index (κ1) is 15.6. The van der Waals surface area contributed by atoms with E-state index < -0.39 is 31.1 Å². The zero-order valence-electron chi connectivity index (χ0n) is 10.5. The molecular weight excluding hydrogens is 268 g/mol. The zero-order chi connectivity index (χ0) is 14.6. The van der Waals surface area contributed by atoms with Crippen LogP contribution in [0.25, 0.3) is 0 Å². The monoisotopic (exact) mass is 282 g/mol. The summed E-state index contributed by atoms with van der Waals surface area (Å²) in [5, 5.41) is 0. The van der Waals surface area contributed by atoms with Crippen molar-refractivity contribution in [2.75, 3.05) is 6.61 Å². The highest BCUT2D eigenvalue weighted by Gasteiger charge is 2.40. The Morgan fingerprint density at radius 3 is 2.58 bits per heavy atom. The lowest BCUT2D eigenvalue weighted by atomic mass is 10.2. The lowest BCUT2D eigenvalue weighted by Gasteiger charge is -2.15. The number of hydrogen-bond donors (Lipinski definition) is 1. The van der Waals surface area contributed by atoms with Crippen LogP contribution >= 0.6 is 0 Å². The van der Waals surface area contributed by atoms with Gasteiger partial charge in [-0.25, -0.2) is 13.8 Å². The van der Waals surface area contributed by atoms with Crippen molar-refractivity contribution in [3.8, 4) is 0 Å². The van der Waals surface area contributed by atoms with Gasteiger partial charge in [-0.2, -0.15) is 8.78 Å². The maximum atomic E-state index is 12.6. The van der Waals surface area contributed by atoms with E-state index in [1.165, 1.54) is 0 Å². The summed E-state index contributed by atoms with van der Waals surface area (Å²) >= 11 is 0. The predicted molar refractivity (Wildman–Crippen MR) is 59.6 cm³/mol. The van der Waals surface area contributed by atoms with E-state index in [4.69, 9.17) is 0 Å². The van der Waals surface area contributed by atoms with Crippen molar-refractivity contribution in [1.29, 1.82) is 0 Å². The van der Waals surface area contributed by atoms with E-state index in [0.717, 1.165) is 0 Å². The fourth-order valence-electron chi connectivity index (χ4n) is 1.39. The minimum absolute atomic E-state index is 0.0394. The van der Waals surface area contributed by atoms with Crippen LogP contribution < -0.4 is 5.56 Å². The smallest absolute Gasteiger partial charge is 0.330 e. The molecule has 0 aromatic carbocycles. The Morgan fingerprint density at radius 1 is 1.42 bits per heavy atom. The molecule has 0 atom stereocenters. The highest BCUT2D eigenvalue weighted by Crippen LogP contribution is 2.23. The number of halogens is 4. The van der Waals surface area contributed by atoms with E-state index in [0.29, 0.717) is 17.7 Å². The summed E-state index contributed by atoms with van der Waals surface area (Å²) in [6, 6.07) is 0. The number of nitrogens with one attached hydrogen (secondary N) is 1. The van der Waals surface area contributed by atoms with Gasteiger partial charge < -0.3 is 9.72 Å². The summed E-state index contributed by atoms with van der Waals surface area (Å²) in [5.41, 5.74) is 0.554. The molecule has 0 saturated heterocycles. The standard InChI is InChI=1S/C11H14F4N2O2/c1-3-7-6(2)9(18)17-8(16-7)4-19-5-11(14,15)10(12)13/h10H,3-5H2,1-2H3,(H,16,17,18).